The molecule has 2 aromatic carbocycles. The van der Waals surface area contributed by atoms with E-state index in [9.17, 15) is 53.8 Å². The van der Waals surface area contributed by atoms with Crippen LogP contribution in [0.3, 0.4) is 0 Å². The predicted octanol–water partition coefficient (Wildman–Crippen LogP) is 5.53. The minimum absolute atomic E-state index is 0.0976. The molecule has 0 spiro atoms. The Hall–Kier alpha value is -3.03. The number of hydrogen-bond donors (Lipinski definition) is 1. The van der Waals surface area contributed by atoms with E-state index in [1.807, 2.05) is 0 Å². The van der Waals surface area contributed by atoms with Crippen molar-refractivity contribution in [3.63, 3.8) is 0 Å². The Morgan fingerprint density at radius 1 is 0.710 bits per heavy atom. The highest BCUT2D eigenvalue weighted by Crippen LogP contribution is 2.48. The fourth-order valence-electron chi connectivity index (χ4n) is 2.37. The van der Waals surface area contributed by atoms with E-state index >= 15 is 0 Å². The molecule has 170 valence electrons. The first-order valence-corrected chi connectivity index (χ1v) is 7.79. The molecule has 1 N–H and O–H groups in total. The molecule has 1 atom stereocenters. The van der Waals surface area contributed by atoms with Gasteiger partial charge in [0, 0.05) is 0 Å². The summed E-state index contributed by atoms with van der Waals surface area (Å²) in [4.78, 5) is 8.11. The number of carbonyl (C=O) groups is 1. The maximum atomic E-state index is 14.3. The van der Waals surface area contributed by atoms with Gasteiger partial charge in [0.2, 0.25) is 0 Å². The smallest absolute Gasteiger partial charge is 0.470 e. The molecule has 2 rings (SSSR count). The van der Waals surface area contributed by atoms with Crippen molar-refractivity contribution >= 4 is 5.97 Å². The molecule has 0 radical (unpaired) electrons. The Bertz CT molecular complexity index is 906. The molecular weight excluding hydrogens is 456 g/mol. The number of aromatic hydroxyl groups is 1. The van der Waals surface area contributed by atoms with E-state index in [0.717, 1.165) is 24.3 Å². The number of ether oxygens (including phenoxy) is 1. The van der Waals surface area contributed by atoms with Gasteiger partial charge in [-0.1, -0.05) is 29.2 Å². The highest BCUT2D eigenvalue weighted by Gasteiger charge is 2.79. The van der Waals surface area contributed by atoms with Crippen LogP contribution < -0.4 is 4.74 Å². The third kappa shape index (κ3) is 5.00. The molecular formula is C17H9F10NO3. The minimum Gasteiger partial charge on any atom is -0.508 e. The van der Waals surface area contributed by atoms with Gasteiger partial charge < -0.3 is 9.84 Å². The van der Waals surface area contributed by atoms with Crippen LogP contribution in [0.2, 0.25) is 0 Å². The third-order valence-electron chi connectivity index (χ3n) is 3.73. The van der Waals surface area contributed by atoms with Crippen LogP contribution in [0.1, 0.15) is 0 Å². The van der Waals surface area contributed by atoms with Crippen molar-refractivity contribution in [1.82, 2.24) is 4.90 Å². The first kappa shape index (κ1) is 24.2. The van der Waals surface area contributed by atoms with Gasteiger partial charge in [-0.3, -0.25) is 0 Å². The van der Waals surface area contributed by atoms with Crippen molar-refractivity contribution < 1.29 is 58.5 Å². The highest BCUT2D eigenvalue weighted by molar-refractivity contribution is 5.82. The monoisotopic (exact) mass is 465 g/mol. The summed E-state index contributed by atoms with van der Waals surface area (Å²) in [5.74, 6) is -11.2. The molecule has 0 saturated heterocycles. The van der Waals surface area contributed by atoms with Crippen LogP contribution in [0.5, 0.6) is 11.5 Å². The molecule has 4 nitrogen and oxygen atoms in total. The second kappa shape index (κ2) is 7.90. The van der Waals surface area contributed by atoms with Crippen LogP contribution in [0.4, 0.5) is 43.9 Å². The maximum Gasteiger partial charge on any atom is 0.470 e. The van der Waals surface area contributed by atoms with Crippen molar-refractivity contribution in [3.05, 3.63) is 48.5 Å². The number of phenols is 1. The van der Waals surface area contributed by atoms with E-state index in [1.165, 1.54) is 24.3 Å². The van der Waals surface area contributed by atoms with Gasteiger partial charge in [0.25, 0.3) is 0 Å². The summed E-state index contributed by atoms with van der Waals surface area (Å²) in [6, 6.07) is 8.94. The van der Waals surface area contributed by atoms with Crippen LogP contribution in [-0.2, 0) is 4.79 Å². The summed E-state index contributed by atoms with van der Waals surface area (Å²) < 4.78 is 133. The van der Waals surface area contributed by atoms with Gasteiger partial charge in [0.1, 0.15) is 11.5 Å². The van der Waals surface area contributed by atoms with Crippen LogP contribution in [0.15, 0.2) is 48.5 Å². The molecule has 0 fully saturated rings. The molecule has 14 heteroatoms. The number of phenolic OH excluding ortho intramolecular Hbond substituents is 1. The van der Waals surface area contributed by atoms with Gasteiger partial charge in [0.15, 0.2) is 0 Å². The molecule has 0 bridgehead atoms. The zero-order chi connectivity index (χ0) is 23.8. The summed E-state index contributed by atoms with van der Waals surface area (Å²) in [5.41, 5.74) is 0.750. The molecule has 0 aliphatic rings. The molecule has 0 unspecified atom stereocenters. The SMILES string of the molecule is O=C(Oc1ccc(-c2ccc(O)cc2)cc1)[C@@](F)(N(C(F)(F)F)C(F)(F)F)C(F)(F)F. The average Bonchev–Trinajstić information content (AvgIpc) is 2.59. The Labute approximate surface area is 166 Å². The van der Waals surface area contributed by atoms with E-state index < -0.39 is 41.2 Å². The Morgan fingerprint density at radius 3 is 1.45 bits per heavy atom. The fraction of sp³-hybridized carbons (Fsp3) is 0.235. The number of hydrogen-bond acceptors (Lipinski definition) is 4. The first-order valence-electron chi connectivity index (χ1n) is 7.79. The largest absolute Gasteiger partial charge is 0.508 e. The van der Waals surface area contributed by atoms with Crippen molar-refractivity contribution in [1.29, 1.82) is 0 Å². The van der Waals surface area contributed by atoms with Crippen LogP contribution >= 0.6 is 0 Å². The summed E-state index contributed by atoms with van der Waals surface area (Å²) in [6.07, 6.45) is -20.9. The quantitative estimate of drug-likeness (QED) is 0.279. The number of halogens is 10. The van der Waals surface area contributed by atoms with Gasteiger partial charge in [-0.15, -0.1) is 0 Å². The van der Waals surface area contributed by atoms with E-state index in [0.29, 0.717) is 11.1 Å². The molecule has 0 aromatic heterocycles. The predicted molar refractivity (Wildman–Crippen MR) is 83.0 cm³/mol. The molecule has 0 heterocycles. The van der Waals surface area contributed by atoms with Gasteiger partial charge in [-0.25, -0.2) is 9.18 Å². The van der Waals surface area contributed by atoms with Crippen molar-refractivity contribution in [2.45, 2.75) is 24.6 Å². The summed E-state index contributed by atoms with van der Waals surface area (Å²) in [5, 5.41) is 9.20. The summed E-state index contributed by atoms with van der Waals surface area (Å²) in [7, 11) is 0. The molecule has 0 aliphatic carbocycles. The van der Waals surface area contributed by atoms with Gasteiger partial charge >= 0.3 is 30.5 Å². The molecule has 0 aliphatic heterocycles. The number of rotatable bonds is 4. The van der Waals surface area contributed by atoms with Crippen LogP contribution in [-0.4, -0.2) is 40.5 Å². The minimum atomic E-state index is -6.97. The van der Waals surface area contributed by atoms with Crippen molar-refractivity contribution in [2.24, 2.45) is 0 Å². The number of benzene rings is 2. The number of alkyl halides is 10. The van der Waals surface area contributed by atoms with E-state index in [2.05, 4.69) is 4.74 Å². The lowest BCUT2D eigenvalue weighted by molar-refractivity contribution is -0.446. The highest BCUT2D eigenvalue weighted by atomic mass is 19.4. The zero-order valence-corrected chi connectivity index (χ0v) is 14.6. The number of esters is 1. The van der Waals surface area contributed by atoms with Crippen LogP contribution in [0, 0.1) is 0 Å². The Kier molecular flexibility index (Phi) is 6.18. The number of nitrogens with zero attached hydrogens (tertiary/aromatic N) is 1. The second-order valence-corrected chi connectivity index (χ2v) is 5.85. The summed E-state index contributed by atoms with van der Waals surface area (Å²) >= 11 is 0. The first-order chi connectivity index (χ1) is 14.0. The van der Waals surface area contributed by atoms with E-state index in [-0.39, 0.29) is 5.75 Å². The molecule has 31 heavy (non-hydrogen) atoms. The van der Waals surface area contributed by atoms with E-state index in [1.54, 1.807) is 0 Å². The van der Waals surface area contributed by atoms with Gasteiger partial charge in [0.05, 0.1) is 0 Å². The molecule has 2 aromatic rings. The summed E-state index contributed by atoms with van der Waals surface area (Å²) in [6.45, 7) is 0. The van der Waals surface area contributed by atoms with E-state index in [4.69, 9.17) is 0 Å². The Balaban J connectivity index is 2.40. The normalized spacial score (nSPS) is 14.9. The third-order valence-corrected chi connectivity index (χ3v) is 3.73. The fourth-order valence-corrected chi connectivity index (χ4v) is 2.37. The lowest BCUT2D eigenvalue weighted by Gasteiger charge is -2.37. The molecule has 0 amide bonds. The lowest BCUT2D eigenvalue weighted by Crippen LogP contribution is -2.70. The average molecular weight is 465 g/mol. The van der Waals surface area contributed by atoms with Gasteiger partial charge in [-0.05, 0) is 35.4 Å². The maximum absolute atomic E-state index is 14.3. The topological polar surface area (TPSA) is 49.8 Å². The van der Waals surface area contributed by atoms with Crippen LogP contribution in [0.25, 0.3) is 11.1 Å². The van der Waals surface area contributed by atoms with Crippen molar-refractivity contribution in [2.75, 3.05) is 0 Å². The Morgan fingerprint density at radius 2 is 1.10 bits per heavy atom. The zero-order valence-electron chi connectivity index (χ0n) is 14.6. The van der Waals surface area contributed by atoms with Gasteiger partial charge in [-0.2, -0.15) is 39.5 Å². The van der Waals surface area contributed by atoms with Crippen molar-refractivity contribution in [3.8, 4) is 22.6 Å². The number of carbonyl (C=O) groups excluding carboxylic acids is 1. The standard InChI is InChI=1S/C17H9F10NO3/c18-14(15(19,20)21,28(16(22,23)24)17(25,26)27)13(30)31-12-7-3-10(4-8-12)9-1-5-11(29)6-2-9/h1-8,29H/t14-/m1/s1. The lowest BCUT2D eigenvalue weighted by atomic mass is 10.1. The molecule has 0 saturated carbocycles. The second-order valence-electron chi connectivity index (χ2n) is 5.85.